The van der Waals surface area contributed by atoms with E-state index in [0.717, 1.165) is 18.7 Å². The molecule has 1 amide bonds. The lowest BCUT2D eigenvalue weighted by molar-refractivity contribution is -0.274. The molecular formula is C20H28F3N3O4S. The molecule has 1 aromatic rings. The van der Waals surface area contributed by atoms with Gasteiger partial charge in [0.05, 0.1) is 18.1 Å². The number of likely N-dealkylation sites (N-methyl/N-ethyl adjacent to an activating group) is 1. The third-order valence-corrected chi connectivity index (χ3v) is 7.45. The van der Waals surface area contributed by atoms with Crippen molar-refractivity contribution in [1.29, 1.82) is 0 Å². The monoisotopic (exact) mass is 463 g/mol. The number of benzene rings is 1. The quantitative estimate of drug-likeness (QED) is 0.614. The zero-order valence-electron chi connectivity index (χ0n) is 17.5. The number of sulfone groups is 1. The van der Waals surface area contributed by atoms with Gasteiger partial charge in [-0.3, -0.25) is 14.6 Å². The van der Waals surface area contributed by atoms with Crippen LogP contribution in [0.3, 0.4) is 0 Å². The lowest BCUT2D eigenvalue weighted by Gasteiger charge is -2.36. The summed E-state index contributed by atoms with van der Waals surface area (Å²) in [6.07, 6.45) is -4.20. The molecule has 0 saturated carbocycles. The lowest BCUT2D eigenvalue weighted by atomic mass is 10.2. The van der Waals surface area contributed by atoms with E-state index < -0.39 is 16.2 Å². The van der Waals surface area contributed by atoms with Crippen molar-refractivity contribution in [3.05, 3.63) is 29.8 Å². The van der Waals surface area contributed by atoms with Gasteiger partial charge in [-0.1, -0.05) is 12.1 Å². The summed E-state index contributed by atoms with van der Waals surface area (Å²) >= 11 is 0. The van der Waals surface area contributed by atoms with Gasteiger partial charge in [0.25, 0.3) is 0 Å². The molecule has 174 valence electrons. The fourth-order valence-electron chi connectivity index (χ4n) is 4.10. The van der Waals surface area contributed by atoms with Gasteiger partial charge in [0.1, 0.15) is 5.75 Å². The Morgan fingerprint density at radius 1 is 1.13 bits per heavy atom. The van der Waals surface area contributed by atoms with Gasteiger partial charge in [-0.25, -0.2) is 8.42 Å². The molecule has 1 atom stereocenters. The molecule has 2 aliphatic heterocycles. The van der Waals surface area contributed by atoms with Crippen molar-refractivity contribution in [2.24, 2.45) is 0 Å². The van der Waals surface area contributed by atoms with Crippen molar-refractivity contribution < 1.29 is 31.1 Å². The van der Waals surface area contributed by atoms with E-state index in [9.17, 15) is 26.4 Å². The van der Waals surface area contributed by atoms with Crippen molar-refractivity contribution >= 4 is 15.7 Å². The average molecular weight is 464 g/mol. The molecule has 0 radical (unpaired) electrons. The lowest BCUT2D eigenvalue weighted by Crippen LogP contribution is -2.51. The number of halogens is 3. The van der Waals surface area contributed by atoms with Crippen molar-refractivity contribution in [3.63, 3.8) is 0 Å². The third-order valence-electron chi connectivity index (χ3n) is 5.70. The van der Waals surface area contributed by atoms with Gasteiger partial charge >= 0.3 is 6.36 Å². The highest BCUT2D eigenvalue weighted by Crippen LogP contribution is 2.23. The Bertz CT molecular complexity index is 853. The Morgan fingerprint density at radius 2 is 1.74 bits per heavy atom. The van der Waals surface area contributed by atoms with Gasteiger partial charge < -0.3 is 9.64 Å². The Labute approximate surface area is 180 Å². The summed E-state index contributed by atoms with van der Waals surface area (Å²) in [6.45, 7) is 6.09. The van der Waals surface area contributed by atoms with E-state index in [-0.39, 0.29) is 35.7 Å². The molecule has 31 heavy (non-hydrogen) atoms. The van der Waals surface area contributed by atoms with Crippen LogP contribution in [0.5, 0.6) is 5.75 Å². The first-order chi connectivity index (χ1) is 14.5. The summed E-state index contributed by atoms with van der Waals surface area (Å²) in [4.78, 5) is 18.7. The summed E-state index contributed by atoms with van der Waals surface area (Å²) in [5, 5.41) is 0. The van der Waals surface area contributed by atoms with E-state index in [1.165, 1.54) is 12.1 Å². The van der Waals surface area contributed by atoms with E-state index in [0.29, 0.717) is 32.6 Å². The molecule has 0 aromatic heterocycles. The van der Waals surface area contributed by atoms with Gasteiger partial charge in [0, 0.05) is 45.3 Å². The van der Waals surface area contributed by atoms with Gasteiger partial charge in [-0.05, 0) is 31.0 Å². The topological polar surface area (TPSA) is 70.2 Å². The number of piperazine rings is 1. The van der Waals surface area contributed by atoms with Crippen LogP contribution < -0.4 is 4.74 Å². The number of rotatable bonds is 7. The summed E-state index contributed by atoms with van der Waals surface area (Å²) in [5.41, 5.74) is 0.888. The van der Waals surface area contributed by atoms with Crippen LogP contribution in [0.15, 0.2) is 24.3 Å². The number of nitrogens with zero attached hydrogens (tertiary/aromatic N) is 3. The highest BCUT2D eigenvalue weighted by molar-refractivity contribution is 7.91. The molecule has 2 aliphatic rings. The molecule has 3 rings (SSSR count). The maximum Gasteiger partial charge on any atom is 0.573 e. The highest BCUT2D eigenvalue weighted by Gasteiger charge is 2.34. The Balaban J connectivity index is 1.44. The smallest absolute Gasteiger partial charge is 0.406 e. The van der Waals surface area contributed by atoms with Gasteiger partial charge in [-0.2, -0.15) is 0 Å². The summed E-state index contributed by atoms with van der Waals surface area (Å²) in [6, 6.07) is 5.62. The zero-order valence-corrected chi connectivity index (χ0v) is 18.3. The fourth-order valence-corrected chi connectivity index (χ4v) is 5.83. The second-order valence-electron chi connectivity index (χ2n) is 7.98. The molecule has 1 unspecified atom stereocenters. The predicted octanol–water partition coefficient (Wildman–Crippen LogP) is 1.74. The van der Waals surface area contributed by atoms with Crippen molar-refractivity contribution in [3.8, 4) is 5.75 Å². The molecule has 0 bridgehead atoms. The molecule has 11 heteroatoms. The zero-order chi connectivity index (χ0) is 22.6. The first-order valence-corrected chi connectivity index (χ1v) is 12.2. The minimum atomic E-state index is -4.70. The number of ether oxygens (including phenoxy) is 1. The van der Waals surface area contributed by atoms with Crippen LogP contribution in [-0.2, 0) is 21.2 Å². The van der Waals surface area contributed by atoms with E-state index in [1.807, 2.05) is 6.92 Å². The maximum atomic E-state index is 12.7. The van der Waals surface area contributed by atoms with Crippen molar-refractivity contribution in [2.45, 2.75) is 32.3 Å². The number of amides is 1. The molecule has 0 aliphatic carbocycles. The first-order valence-electron chi connectivity index (χ1n) is 10.3. The molecular weight excluding hydrogens is 435 g/mol. The predicted molar refractivity (Wildman–Crippen MR) is 109 cm³/mol. The second-order valence-corrected chi connectivity index (χ2v) is 10.2. The number of carbonyl (C=O) groups excluding carboxylic acids is 1. The van der Waals surface area contributed by atoms with Crippen LogP contribution in [0, 0.1) is 0 Å². The number of hydrogen-bond donors (Lipinski definition) is 0. The SMILES string of the molecule is CCN(C(=O)CN1CCN(Cc2ccc(OC(F)(F)F)cc2)CC1)C1CCS(=O)(=O)C1. The molecule has 2 heterocycles. The highest BCUT2D eigenvalue weighted by atomic mass is 32.2. The van der Waals surface area contributed by atoms with E-state index in [4.69, 9.17) is 0 Å². The standard InChI is InChI=1S/C20H28F3N3O4S/c1-2-26(17-7-12-31(28,29)15-17)19(27)14-25-10-8-24(9-11-25)13-16-3-5-18(6-4-16)30-20(21,22)23/h3-6,17H,2,7-15H2,1H3. The minimum absolute atomic E-state index is 0.0432. The minimum Gasteiger partial charge on any atom is -0.406 e. The van der Waals surface area contributed by atoms with E-state index in [2.05, 4.69) is 14.5 Å². The number of alkyl halides is 3. The van der Waals surface area contributed by atoms with Crippen LogP contribution in [0.4, 0.5) is 13.2 Å². The molecule has 2 fully saturated rings. The molecule has 7 nitrogen and oxygen atoms in total. The normalized spacial score (nSPS) is 22.4. The fraction of sp³-hybridized carbons (Fsp3) is 0.650. The summed E-state index contributed by atoms with van der Waals surface area (Å²) < 4.78 is 64.1. The van der Waals surface area contributed by atoms with E-state index in [1.54, 1.807) is 17.0 Å². The van der Waals surface area contributed by atoms with Crippen LogP contribution in [0.25, 0.3) is 0 Å². The van der Waals surface area contributed by atoms with Gasteiger partial charge in [-0.15, -0.1) is 13.2 Å². The molecule has 0 spiro atoms. The van der Waals surface area contributed by atoms with Gasteiger partial charge in [0.15, 0.2) is 9.84 Å². The maximum absolute atomic E-state index is 12.7. The molecule has 1 aromatic carbocycles. The Kier molecular flexibility index (Phi) is 7.48. The van der Waals surface area contributed by atoms with E-state index >= 15 is 0 Å². The first kappa shape index (κ1) is 23.8. The van der Waals surface area contributed by atoms with Crippen LogP contribution >= 0.6 is 0 Å². The molecule has 2 saturated heterocycles. The van der Waals surface area contributed by atoms with Crippen LogP contribution in [0.2, 0.25) is 0 Å². The third kappa shape index (κ3) is 7.08. The Morgan fingerprint density at radius 3 is 2.26 bits per heavy atom. The van der Waals surface area contributed by atoms with Crippen molar-refractivity contribution in [1.82, 2.24) is 14.7 Å². The summed E-state index contributed by atoms with van der Waals surface area (Å²) in [5.74, 6) is -0.0928. The second kappa shape index (κ2) is 9.74. The average Bonchev–Trinajstić information content (AvgIpc) is 3.04. The summed E-state index contributed by atoms with van der Waals surface area (Å²) in [7, 11) is -3.04. The largest absolute Gasteiger partial charge is 0.573 e. The van der Waals surface area contributed by atoms with Gasteiger partial charge in [0.2, 0.25) is 5.91 Å². The van der Waals surface area contributed by atoms with Crippen molar-refractivity contribution in [2.75, 3.05) is 50.8 Å². The van der Waals surface area contributed by atoms with Crippen LogP contribution in [0.1, 0.15) is 18.9 Å². The number of hydrogen-bond acceptors (Lipinski definition) is 6. The molecule has 0 N–H and O–H groups in total. The van der Waals surface area contributed by atoms with Crippen LogP contribution in [-0.4, -0.2) is 92.2 Å². The Hall–Kier alpha value is -1.85. The number of carbonyl (C=O) groups is 1.